The molecule has 1 aromatic rings. The van der Waals surface area contributed by atoms with Crippen LogP contribution in [0.5, 0.6) is 11.5 Å². The van der Waals surface area contributed by atoms with Gasteiger partial charge in [0.25, 0.3) is 0 Å². The Hall–Kier alpha value is -2.28. The molecule has 1 unspecified atom stereocenters. The van der Waals surface area contributed by atoms with E-state index in [4.69, 9.17) is 21.7 Å². The van der Waals surface area contributed by atoms with Crippen LogP contribution in [0.2, 0.25) is 0 Å². The first-order chi connectivity index (χ1) is 14.1. The molecule has 1 aliphatic carbocycles. The lowest BCUT2D eigenvalue weighted by molar-refractivity contribution is -0.125. The van der Waals surface area contributed by atoms with Crippen molar-refractivity contribution in [3.8, 4) is 11.5 Å². The fraction of sp³-hybridized carbons (Fsp3) is 0.545. The van der Waals surface area contributed by atoms with Crippen LogP contribution in [0.3, 0.4) is 0 Å². The number of nitrogens with zero attached hydrogens (tertiary/aromatic N) is 1. The fourth-order valence-corrected chi connectivity index (χ4v) is 4.58. The van der Waals surface area contributed by atoms with Gasteiger partial charge in [-0.1, -0.05) is 18.9 Å². The van der Waals surface area contributed by atoms with Gasteiger partial charge in [-0.25, -0.2) is 0 Å². The van der Waals surface area contributed by atoms with E-state index < -0.39 is 0 Å². The number of ether oxygens (including phenoxy) is 2. The summed E-state index contributed by atoms with van der Waals surface area (Å²) < 4.78 is 11.0. The number of nitrogens with one attached hydrogen (secondary N) is 2. The highest BCUT2D eigenvalue weighted by Gasteiger charge is 2.32. The Morgan fingerprint density at radius 3 is 2.59 bits per heavy atom. The zero-order valence-electron chi connectivity index (χ0n) is 17.3. The number of rotatable bonds is 7. The Kier molecular flexibility index (Phi) is 7.36. The van der Waals surface area contributed by atoms with Crippen LogP contribution < -0.4 is 20.1 Å². The molecule has 1 fully saturated rings. The largest absolute Gasteiger partial charge is 0.493 e. The number of carbonyl (C=O) groups excluding carboxylic acids is 1. The molecule has 0 aromatic heterocycles. The van der Waals surface area contributed by atoms with Crippen molar-refractivity contribution in [2.75, 3.05) is 33.9 Å². The number of benzene rings is 1. The smallest absolute Gasteiger partial charge is 0.223 e. The van der Waals surface area contributed by atoms with Gasteiger partial charge >= 0.3 is 0 Å². The minimum atomic E-state index is -0.0614. The molecule has 1 aliphatic heterocycles. The number of carbonyl (C=O) groups is 1. The minimum Gasteiger partial charge on any atom is -0.493 e. The van der Waals surface area contributed by atoms with Crippen molar-refractivity contribution in [3.05, 3.63) is 35.9 Å². The molecule has 3 rings (SSSR count). The molecule has 1 amide bonds. The first-order valence-electron chi connectivity index (χ1n) is 10.3. The standard InChI is InChI=1S/C22H31N3O3S/c1-4-10-23-22(29)25-11-9-16-12-19(27-2)20(28-3)13-17(16)18(25)14-24-21(26)15-7-5-6-8-15/h4,12-13,15,18H,1,5-11,14H2,2-3H3,(H,23,29)(H,24,26). The van der Waals surface area contributed by atoms with E-state index in [1.807, 2.05) is 12.1 Å². The van der Waals surface area contributed by atoms with Crippen molar-refractivity contribution in [3.63, 3.8) is 0 Å². The molecule has 1 saturated carbocycles. The van der Waals surface area contributed by atoms with E-state index >= 15 is 0 Å². The van der Waals surface area contributed by atoms with Gasteiger partial charge in [-0.15, -0.1) is 6.58 Å². The van der Waals surface area contributed by atoms with Crippen molar-refractivity contribution < 1.29 is 14.3 Å². The summed E-state index contributed by atoms with van der Waals surface area (Å²) in [5.41, 5.74) is 2.31. The summed E-state index contributed by atoms with van der Waals surface area (Å²) in [6.07, 6.45) is 6.89. The second-order valence-electron chi connectivity index (χ2n) is 7.57. The quantitative estimate of drug-likeness (QED) is 0.525. The summed E-state index contributed by atoms with van der Waals surface area (Å²) in [5.74, 6) is 1.70. The first-order valence-corrected chi connectivity index (χ1v) is 10.7. The summed E-state index contributed by atoms with van der Waals surface area (Å²) in [7, 11) is 3.28. The average molecular weight is 418 g/mol. The summed E-state index contributed by atoms with van der Waals surface area (Å²) >= 11 is 5.64. The maximum Gasteiger partial charge on any atom is 0.223 e. The van der Waals surface area contributed by atoms with Crippen molar-refractivity contribution in [2.24, 2.45) is 5.92 Å². The highest BCUT2D eigenvalue weighted by Crippen LogP contribution is 2.38. The lowest BCUT2D eigenvalue weighted by Crippen LogP contribution is -2.49. The average Bonchev–Trinajstić information content (AvgIpc) is 3.29. The molecule has 1 aromatic carbocycles. The molecule has 29 heavy (non-hydrogen) atoms. The van der Waals surface area contributed by atoms with E-state index in [9.17, 15) is 4.79 Å². The van der Waals surface area contributed by atoms with Crippen LogP contribution in [0.4, 0.5) is 0 Å². The van der Waals surface area contributed by atoms with Crippen LogP contribution in [-0.4, -0.2) is 49.8 Å². The lowest BCUT2D eigenvalue weighted by Gasteiger charge is -2.39. The van der Waals surface area contributed by atoms with Crippen LogP contribution in [-0.2, 0) is 11.2 Å². The Balaban J connectivity index is 1.86. The third-order valence-electron chi connectivity index (χ3n) is 5.86. The third kappa shape index (κ3) is 4.83. The summed E-state index contributed by atoms with van der Waals surface area (Å²) in [6, 6.07) is 3.99. The normalized spacial score (nSPS) is 18.7. The molecule has 0 spiro atoms. The second kappa shape index (κ2) is 9.96. The van der Waals surface area contributed by atoms with Crippen LogP contribution >= 0.6 is 12.2 Å². The molecule has 2 N–H and O–H groups in total. The molecule has 0 bridgehead atoms. The SMILES string of the molecule is C=CCNC(=S)N1CCc2cc(OC)c(OC)cc2C1CNC(=O)C1CCCC1. The Morgan fingerprint density at radius 1 is 1.24 bits per heavy atom. The van der Waals surface area contributed by atoms with E-state index in [0.717, 1.165) is 50.0 Å². The third-order valence-corrected chi connectivity index (χ3v) is 6.24. The molecule has 0 saturated heterocycles. The van der Waals surface area contributed by atoms with E-state index in [0.29, 0.717) is 24.0 Å². The van der Waals surface area contributed by atoms with E-state index in [1.165, 1.54) is 5.56 Å². The monoisotopic (exact) mass is 417 g/mol. The van der Waals surface area contributed by atoms with Crippen LogP contribution in [0, 0.1) is 5.92 Å². The molecule has 0 radical (unpaired) electrons. The van der Waals surface area contributed by atoms with E-state index in [1.54, 1.807) is 20.3 Å². The zero-order valence-corrected chi connectivity index (χ0v) is 18.1. The maximum atomic E-state index is 12.6. The topological polar surface area (TPSA) is 62.8 Å². The van der Waals surface area contributed by atoms with Gasteiger partial charge in [-0.2, -0.15) is 0 Å². The van der Waals surface area contributed by atoms with Gasteiger partial charge in [0.05, 0.1) is 20.3 Å². The predicted molar refractivity (Wildman–Crippen MR) is 118 cm³/mol. The first kappa shape index (κ1) is 21.4. The minimum absolute atomic E-state index is 0.0614. The number of hydrogen-bond acceptors (Lipinski definition) is 4. The van der Waals surface area contributed by atoms with Gasteiger partial charge in [0.15, 0.2) is 16.6 Å². The fourth-order valence-electron chi connectivity index (χ4n) is 4.28. The van der Waals surface area contributed by atoms with E-state index in [-0.39, 0.29) is 17.9 Å². The number of hydrogen-bond donors (Lipinski definition) is 2. The van der Waals surface area contributed by atoms with Crippen molar-refractivity contribution in [2.45, 2.75) is 38.1 Å². The van der Waals surface area contributed by atoms with Crippen molar-refractivity contribution in [1.82, 2.24) is 15.5 Å². The lowest BCUT2D eigenvalue weighted by atomic mass is 9.91. The maximum absolute atomic E-state index is 12.6. The van der Waals surface area contributed by atoms with Gasteiger partial charge in [-0.3, -0.25) is 4.79 Å². The summed E-state index contributed by atoms with van der Waals surface area (Å²) in [4.78, 5) is 14.8. The molecular formula is C22H31N3O3S. The predicted octanol–water partition coefficient (Wildman–Crippen LogP) is 2.97. The number of methoxy groups -OCH3 is 2. The van der Waals surface area contributed by atoms with Crippen LogP contribution in [0.25, 0.3) is 0 Å². The van der Waals surface area contributed by atoms with Gasteiger partial charge < -0.3 is 25.0 Å². The molecule has 1 heterocycles. The number of thiocarbonyl (C=S) groups is 1. The molecule has 158 valence electrons. The highest BCUT2D eigenvalue weighted by atomic mass is 32.1. The molecule has 7 heteroatoms. The highest BCUT2D eigenvalue weighted by molar-refractivity contribution is 7.80. The summed E-state index contributed by atoms with van der Waals surface area (Å²) in [5, 5.41) is 7.08. The Morgan fingerprint density at radius 2 is 1.93 bits per heavy atom. The van der Waals surface area contributed by atoms with Gasteiger partial charge in [-0.05, 0) is 54.7 Å². The Labute approximate surface area is 178 Å². The molecule has 1 atom stereocenters. The molecular weight excluding hydrogens is 386 g/mol. The number of amides is 1. The van der Waals surface area contributed by atoms with E-state index in [2.05, 4.69) is 22.1 Å². The second-order valence-corrected chi connectivity index (χ2v) is 7.95. The van der Waals surface area contributed by atoms with Gasteiger partial charge in [0.2, 0.25) is 5.91 Å². The van der Waals surface area contributed by atoms with Crippen LogP contribution in [0.1, 0.15) is 42.9 Å². The van der Waals surface area contributed by atoms with Crippen molar-refractivity contribution in [1.29, 1.82) is 0 Å². The number of fused-ring (bicyclic) bond motifs is 1. The van der Waals surface area contributed by atoms with Crippen LogP contribution in [0.15, 0.2) is 24.8 Å². The van der Waals surface area contributed by atoms with Gasteiger partial charge in [0.1, 0.15) is 0 Å². The Bertz CT molecular complexity index is 762. The van der Waals surface area contributed by atoms with Crippen molar-refractivity contribution >= 4 is 23.2 Å². The zero-order chi connectivity index (χ0) is 20.8. The summed E-state index contributed by atoms with van der Waals surface area (Å²) in [6.45, 7) is 5.64. The molecule has 6 nitrogen and oxygen atoms in total. The molecule has 2 aliphatic rings. The van der Waals surface area contributed by atoms with Gasteiger partial charge in [0, 0.05) is 25.6 Å².